The average Bonchev–Trinajstić information content (AvgIpc) is 3.03. The third-order valence-electron chi connectivity index (χ3n) is 4.89. The van der Waals surface area contributed by atoms with E-state index in [-0.39, 0.29) is 19.1 Å². The van der Waals surface area contributed by atoms with Crippen LogP contribution < -0.4 is 10.6 Å². The second kappa shape index (κ2) is 9.54. The van der Waals surface area contributed by atoms with E-state index in [2.05, 4.69) is 5.32 Å². The zero-order valence-corrected chi connectivity index (χ0v) is 18.4. The molecule has 2 aromatic carbocycles. The van der Waals surface area contributed by atoms with Crippen LogP contribution in [0, 0.1) is 0 Å². The third-order valence-corrected chi connectivity index (χ3v) is 8.23. The average molecular weight is 484 g/mol. The Morgan fingerprint density at radius 2 is 1.41 bits per heavy atom. The van der Waals surface area contributed by atoms with E-state index in [0.717, 1.165) is 22.3 Å². The van der Waals surface area contributed by atoms with E-state index in [9.17, 15) is 18.7 Å². The van der Waals surface area contributed by atoms with E-state index in [1.807, 2.05) is 48.5 Å². The van der Waals surface area contributed by atoms with Gasteiger partial charge in [0.05, 0.1) is 0 Å². The molecule has 0 heterocycles. The molecule has 3 rings (SSSR count). The lowest BCUT2D eigenvalue weighted by atomic mass is 9.98. The van der Waals surface area contributed by atoms with Gasteiger partial charge in [0.1, 0.15) is 6.61 Å². The summed E-state index contributed by atoms with van der Waals surface area (Å²) in [5.41, 5.74) is 1.55. The Morgan fingerprint density at radius 3 is 1.91 bits per heavy atom. The highest BCUT2D eigenvalue weighted by Gasteiger charge is 2.44. The predicted octanol–water partition coefficient (Wildman–Crippen LogP) is 1.67. The number of carbonyl (C=O) groups is 2. The first-order valence-corrected chi connectivity index (χ1v) is 12.8. The van der Waals surface area contributed by atoms with Crippen LogP contribution in [-0.4, -0.2) is 50.2 Å². The number of rotatable bonds is 8. The van der Waals surface area contributed by atoms with Gasteiger partial charge in [-0.25, -0.2) is 4.79 Å². The first-order valence-electron chi connectivity index (χ1n) is 9.47. The van der Waals surface area contributed by atoms with Crippen molar-refractivity contribution in [2.45, 2.75) is 17.9 Å². The van der Waals surface area contributed by atoms with Crippen molar-refractivity contribution in [3.63, 3.8) is 0 Å². The molecule has 172 valence electrons. The Hall–Kier alpha value is -2.52. The molecule has 0 fully saturated rings. The van der Waals surface area contributed by atoms with Crippen molar-refractivity contribution in [2.75, 3.05) is 13.2 Å². The van der Waals surface area contributed by atoms with Gasteiger partial charge in [-0.05, 0) is 22.3 Å². The molecule has 1 aliphatic rings. The summed E-state index contributed by atoms with van der Waals surface area (Å²) in [5, 5.41) is 3.94. The van der Waals surface area contributed by atoms with Crippen molar-refractivity contribution in [3.8, 4) is 11.1 Å². The number of benzene rings is 2. The molecule has 2 aromatic rings. The maximum atomic E-state index is 12.0. The van der Waals surface area contributed by atoms with E-state index in [1.165, 1.54) is 0 Å². The summed E-state index contributed by atoms with van der Waals surface area (Å²) in [4.78, 5) is 59.8. The summed E-state index contributed by atoms with van der Waals surface area (Å²) < 4.78 is 27.6. The van der Waals surface area contributed by atoms with Gasteiger partial charge in [-0.15, -0.1) is 0 Å². The van der Waals surface area contributed by atoms with Crippen LogP contribution in [0.2, 0.25) is 0 Å². The van der Waals surface area contributed by atoms with Crippen LogP contribution in [0.1, 0.15) is 23.5 Å². The number of nitrogens with one attached hydrogen (secondary N) is 2. The van der Waals surface area contributed by atoms with Crippen LogP contribution in [0.3, 0.4) is 0 Å². The Kier molecular flexibility index (Phi) is 7.19. The van der Waals surface area contributed by atoms with Crippen molar-refractivity contribution in [1.29, 1.82) is 0 Å². The Bertz CT molecular complexity index is 1040. The van der Waals surface area contributed by atoms with E-state index >= 15 is 0 Å². The van der Waals surface area contributed by atoms with Crippen LogP contribution >= 0.6 is 15.2 Å². The van der Waals surface area contributed by atoms with Crippen molar-refractivity contribution >= 4 is 27.2 Å². The minimum atomic E-state index is -5.29. The van der Waals surface area contributed by atoms with E-state index < -0.39 is 39.1 Å². The molecule has 0 spiro atoms. The van der Waals surface area contributed by atoms with Gasteiger partial charge in [0.15, 0.2) is 0 Å². The highest BCUT2D eigenvalue weighted by atomic mass is 31.2. The van der Waals surface area contributed by atoms with Gasteiger partial charge in [-0.2, -0.15) is 0 Å². The second-order valence-corrected chi connectivity index (χ2v) is 10.9. The summed E-state index contributed by atoms with van der Waals surface area (Å²) in [7, 11) is -10.6. The highest BCUT2D eigenvalue weighted by molar-refractivity contribution is 7.70. The van der Waals surface area contributed by atoms with Crippen molar-refractivity contribution in [1.82, 2.24) is 10.6 Å². The zero-order valence-electron chi connectivity index (χ0n) is 16.6. The lowest BCUT2D eigenvalue weighted by Crippen LogP contribution is -2.37. The third kappa shape index (κ3) is 5.63. The summed E-state index contributed by atoms with van der Waals surface area (Å²) in [5.74, 6) is -1.20. The van der Waals surface area contributed by atoms with Crippen molar-refractivity contribution in [2.24, 2.45) is 0 Å². The highest BCUT2D eigenvalue weighted by Crippen LogP contribution is 2.58. The fraction of sp³-hybridized carbons (Fsp3) is 0.263. The maximum absolute atomic E-state index is 12.0. The predicted molar refractivity (Wildman–Crippen MR) is 114 cm³/mol. The molecule has 1 aliphatic carbocycles. The topological polar surface area (TPSA) is 182 Å². The normalized spacial score (nSPS) is 13.4. The molecule has 32 heavy (non-hydrogen) atoms. The van der Waals surface area contributed by atoms with Gasteiger partial charge in [0.2, 0.25) is 11.4 Å². The Balaban J connectivity index is 1.51. The second-order valence-electron chi connectivity index (χ2n) is 7.12. The Morgan fingerprint density at radius 1 is 0.906 bits per heavy atom. The fourth-order valence-electron chi connectivity index (χ4n) is 3.51. The molecule has 0 aromatic heterocycles. The van der Waals surface area contributed by atoms with Gasteiger partial charge < -0.3 is 34.9 Å². The van der Waals surface area contributed by atoms with Gasteiger partial charge in [-0.3, -0.25) is 13.9 Å². The molecule has 6 N–H and O–H groups in total. The molecular formula is C19H22N2O9P2. The smallest absolute Gasteiger partial charge is 0.407 e. The van der Waals surface area contributed by atoms with E-state index in [0.29, 0.717) is 0 Å². The monoisotopic (exact) mass is 484 g/mol. The van der Waals surface area contributed by atoms with E-state index in [4.69, 9.17) is 24.3 Å². The minimum Gasteiger partial charge on any atom is -0.449 e. The van der Waals surface area contributed by atoms with Crippen LogP contribution in [0.15, 0.2) is 48.5 Å². The SMILES string of the molecule is O=C(CCNC(=O)OCC1c2ccccc2-c2ccccc21)NC(P(=O)(O)O)P(=O)(O)O. The molecule has 0 bridgehead atoms. The lowest BCUT2D eigenvalue weighted by molar-refractivity contribution is -0.121. The number of amides is 2. The van der Waals surface area contributed by atoms with Gasteiger partial charge >= 0.3 is 21.3 Å². The number of hydrogen-bond acceptors (Lipinski definition) is 5. The first kappa shape index (κ1) is 24.1. The van der Waals surface area contributed by atoms with Gasteiger partial charge in [0.25, 0.3) is 0 Å². The molecule has 0 saturated carbocycles. The number of alkyl carbamates (subject to hydrolysis) is 1. The molecular weight excluding hydrogens is 462 g/mol. The first-order chi connectivity index (χ1) is 15.0. The summed E-state index contributed by atoms with van der Waals surface area (Å²) in [6.07, 6.45) is -1.28. The molecule has 0 radical (unpaired) electrons. The number of hydrogen-bond donors (Lipinski definition) is 6. The minimum absolute atomic E-state index is 0.0601. The molecule has 13 heteroatoms. The van der Waals surface area contributed by atoms with Crippen LogP contribution in [-0.2, 0) is 18.7 Å². The van der Waals surface area contributed by atoms with Crippen LogP contribution in [0.5, 0.6) is 0 Å². The Labute approximate surface area is 183 Å². The molecule has 0 aliphatic heterocycles. The summed E-state index contributed by atoms with van der Waals surface area (Å²) in [6, 6.07) is 15.6. The molecule has 0 atom stereocenters. The summed E-state index contributed by atoms with van der Waals surface area (Å²) >= 11 is 0. The number of fused-ring (bicyclic) bond motifs is 3. The van der Waals surface area contributed by atoms with Crippen molar-refractivity contribution in [3.05, 3.63) is 59.7 Å². The summed E-state index contributed by atoms with van der Waals surface area (Å²) in [6.45, 7) is -0.206. The van der Waals surface area contributed by atoms with Gasteiger partial charge in [0, 0.05) is 18.9 Å². The van der Waals surface area contributed by atoms with Crippen LogP contribution in [0.25, 0.3) is 11.1 Å². The van der Waals surface area contributed by atoms with Crippen molar-refractivity contribution < 1.29 is 43.0 Å². The lowest BCUT2D eigenvalue weighted by Gasteiger charge is -2.20. The molecule has 0 saturated heterocycles. The zero-order chi connectivity index (χ0) is 23.5. The molecule has 0 unspecified atom stereocenters. The van der Waals surface area contributed by atoms with Gasteiger partial charge in [-0.1, -0.05) is 48.5 Å². The maximum Gasteiger partial charge on any atom is 0.407 e. The number of carbonyl (C=O) groups excluding carboxylic acids is 2. The largest absolute Gasteiger partial charge is 0.449 e. The number of ether oxygens (including phenoxy) is 1. The van der Waals surface area contributed by atoms with E-state index in [1.54, 1.807) is 5.32 Å². The molecule has 11 nitrogen and oxygen atoms in total. The standard InChI is InChI=1S/C19H22N2O9P2/c22-17(21-19(31(24,25)26)32(27,28)29)9-10-20-18(23)30-11-16-14-7-3-1-5-12(14)13-6-2-4-8-15(13)16/h1-8,16,19H,9-11H2,(H,20,23)(H,21,22)(H2,24,25,26)(H2,27,28,29). The fourth-order valence-corrected chi connectivity index (χ4v) is 5.70. The molecule has 2 amide bonds. The quantitative estimate of drug-likeness (QED) is 0.304. The van der Waals surface area contributed by atoms with Crippen LogP contribution in [0.4, 0.5) is 4.79 Å².